The highest BCUT2D eigenvalue weighted by Crippen LogP contribution is 2.47. The van der Waals surface area contributed by atoms with E-state index in [4.69, 9.17) is 9.47 Å². The number of rotatable bonds is 8. The lowest BCUT2D eigenvalue weighted by Crippen LogP contribution is -2.24. The Balaban J connectivity index is 1.23. The Morgan fingerprint density at radius 2 is 0.946 bits per heavy atom. The Kier molecular flexibility index (Phi) is 7.91. The molecule has 0 atom stereocenters. The summed E-state index contributed by atoms with van der Waals surface area (Å²) in [6, 6.07) is 46.3. The topological polar surface area (TPSA) is 65.4 Å². The average molecular weight is 737 g/mol. The van der Waals surface area contributed by atoms with Gasteiger partial charge in [0.05, 0.1) is 52.8 Å². The maximum Gasteiger partial charge on any atom is 0.219 e. The Bertz CT molecular complexity index is 2570. The van der Waals surface area contributed by atoms with E-state index in [1.54, 1.807) is 12.4 Å². The van der Waals surface area contributed by atoms with Gasteiger partial charge in [-0.1, -0.05) is 48.5 Å². The lowest BCUT2D eigenvalue weighted by Gasteiger charge is -2.23. The van der Waals surface area contributed by atoms with E-state index >= 15 is 0 Å². The fourth-order valence-electron chi connectivity index (χ4n) is 8.14. The molecule has 276 valence electrons. The van der Waals surface area contributed by atoms with Crippen LogP contribution in [-0.2, 0) is 0 Å². The molecule has 0 saturated heterocycles. The number of benzene rings is 5. The zero-order chi connectivity index (χ0) is 37.9. The van der Waals surface area contributed by atoms with Gasteiger partial charge in [-0.3, -0.25) is 0 Å². The molecule has 0 spiro atoms. The van der Waals surface area contributed by atoms with Crippen molar-refractivity contribution in [2.24, 2.45) is 0 Å². The van der Waals surface area contributed by atoms with Crippen LogP contribution >= 0.6 is 0 Å². The second-order valence-electron chi connectivity index (χ2n) is 14.5. The fraction of sp³-hybridized carbons (Fsp3) is 0.130. The minimum Gasteiger partial charge on any atom is -0.437 e. The third kappa shape index (κ3) is 5.57. The number of aromatic nitrogens is 3. The molecule has 0 aliphatic carbocycles. The summed E-state index contributed by atoms with van der Waals surface area (Å²) in [5.41, 5.74) is 10.8. The minimum absolute atomic E-state index is 0.483. The van der Waals surface area contributed by atoms with Crippen LogP contribution in [0, 0.1) is 0 Å². The van der Waals surface area contributed by atoms with E-state index in [0.29, 0.717) is 23.3 Å². The Morgan fingerprint density at radius 1 is 0.500 bits per heavy atom. The number of para-hydroxylation sites is 4. The molecule has 0 fully saturated rings. The van der Waals surface area contributed by atoms with E-state index < -0.39 is 0 Å². The maximum atomic E-state index is 6.63. The second kappa shape index (κ2) is 13.3. The summed E-state index contributed by atoms with van der Waals surface area (Å²) in [6.45, 7) is 1.50. The molecule has 10 rings (SSSR count). The Morgan fingerprint density at radius 3 is 1.38 bits per heavy atom. The summed E-state index contributed by atoms with van der Waals surface area (Å²) in [5.74, 6) is 2.17. The third-order valence-electron chi connectivity index (χ3n) is 10.7. The summed E-state index contributed by atoms with van der Waals surface area (Å²) in [6.07, 6.45) is 3.47. The average Bonchev–Trinajstić information content (AvgIpc) is 3.86. The van der Waals surface area contributed by atoms with Crippen molar-refractivity contribution in [1.29, 1.82) is 0 Å². The Labute approximate surface area is 325 Å². The van der Waals surface area contributed by atoms with Crippen molar-refractivity contribution in [3.8, 4) is 28.9 Å². The van der Waals surface area contributed by atoms with E-state index in [1.807, 2.05) is 55.4 Å². The molecular weight excluding hydrogens is 697 g/mol. The Hall–Kier alpha value is -7.20. The smallest absolute Gasteiger partial charge is 0.219 e. The number of fused-ring (bicyclic) bond motifs is 5. The predicted molar refractivity (Wildman–Crippen MR) is 227 cm³/mol. The van der Waals surface area contributed by atoms with Crippen LogP contribution in [0.5, 0.6) is 23.3 Å². The number of hydrogen-bond donors (Lipinski definition) is 0. The third-order valence-corrected chi connectivity index (χ3v) is 10.7. The maximum absolute atomic E-state index is 6.63. The molecule has 0 bridgehead atoms. The summed E-state index contributed by atoms with van der Waals surface area (Å²) in [5, 5.41) is 2.29. The molecule has 10 nitrogen and oxygen atoms in total. The zero-order valence-electron chi connectivity index (χ0n) is 31.7. The number of anilines is 7. The summed E-state index contributed by atoms with van der Waals surface area (Å²) in [7, 11) is 8.26. The van der Waals surface area contributed by atoms with Gasteiger partial charge < -0.3 is 38.5 Å². The van der Waals surface area contributed by atoms with Crippen LogP contribution in [0.2, 0.25) is 0 Å². The summed E-state index contributed by atoms with van der Waals surface area (Å²) < 4.78 is 15.6. The van der Waals surface area contributed by atoms with Crippen molar-refractivity contribution in [3.63, 3.8) is 0 Å². The molecule has 3 aromatic heterocycles. The van der Waals surface area contributed by atoms with Crippen molar-refractivity contribution in [3.05, 3.63) is 146 Å². The molecule has 8 aromatic rings. The van der Waals surface area contributed by atoms with Crippen LogP contribution in [0.25, 0.3) is 27.5 Å². The number of ether oxygens (including phenoxy) is 2. The molecular formula is C46H40N8O2. The van der Waals surface area contributed by atoms with Gasteiger partial charge in [0, 0.05) is 87.0 Å². The molecule has 56 heavy (non-hydrogen) atoms. The van der Waals surface area contributed by atoms with Crippen molar-refractivity contribution in [1.82, 2.24) is 14.5 Å². The first-order chi connectivity index (χ1) is 27.4. The molecule has 5 heterocycles. The lowest BCUT2D eigenvalue weighted by molar-refractivity contribution is 0.442. The van der Waals surface area contributed by atoms with Gasteiger partial charge in [0.25, 0.3) is 0 Å². The van der Waals surface area contributed by atoms with E-state index in [1.165, 1.54) is 22.7 Å². The van der Waals surface area contributed by atoms with Gasteiger partial charge in [-0.15, -0.1) is 0 Å². The van der Waals surface area contributed by atoms with E-state index in [9.17, 15) is 0 Å². The van der Waals surface area contributed by atoms with Crippen LogP contribution in [0.15, 0.2) is 146 Å². The van der Waals surface area contributed by atoms with Gasteiger partial charge >= 0.3 is 0 Å². The highest BCUT2D eigenvalue weighted by molar-refractivity contribution is 6.11. The summed E-state index contributed by atoms with van der Waals surface area (Å²) >= 11 is 0. The molecule has 0 amide bonds. The van der Waals surface area contributed by atoms with Gasteiger partial charge in [-0.2, -0.15) is 0 Å². The molecule has 0 N–H and O–H groups in total. The first-order valence-electron chi connectivity index (χ1n) is 18.7. The number of hydrogen-bond acceptors (Lipinski definition) is 9. The highest BCUT2D eigenvalue weighted by atomic mass is 16.5. The molecule has 2 aliphatic heterocycles. The molecule has 10 heteroatoms. The van der Waals surface area contributed by atoms with Crippen LogP contribution in [0.1, 0.15) is 0 Å². The molecule has 0 saturated carbocycles. The quantitative estimate of drug-likeness (QED) is 0.152. The first kappa shape index (κ1) is 33.4. The van der Waals surface area contributed by atoms with Gasteiger partial charge in [-0.05, 0) is 60.7 Å². The lowest BCUT2D eigenvalue weighted by atomic mass is 10.1. The molecule has 0 unspecified atom stereocenters. The van der Waals surface area contributed by atoms with Crippen LogP contribution in [-0.4, -0.2) is 56.1 Å². The highest BCUT2D eigenvalue weighted by Gasteiger charge is 2.28. The monoisotopic (exact) mass is 736 g/mol. The van der Waals surface area contributed by atoms with Crippen molar-refractivity contribution in [2.75, 3.05) is 66.0 Å². The fourth-order valence-corrected chi connectivity index (χ4v) is 8.14. The van der Waals surface area contributed by atoms with E-state index in [2.05, 4.69) is 145 Å². The van der Waals surface area contributed by atoms with Crippen LogP contribution in [0.3, 0.4) is 0 Å². The standard InChI is InChI=1S/C46H40N8O2/c1-49(2)46-42(55-44-17-9-11-23-47-44)27-33(28-43(46)56-45-18-10-12-24-48-45)54-40-25-31(52-29-50(3)36-13-5-7-15-38(36)52)19-21-34(40)35-22-20-32(26-41(35)54)53-30-51(4)37-14-6-8-16-39(37)53/h5-28H,29-30H2,1-4H3. The normalized spacial score (nSPS) is 13.4. The van der Waals surface area contributed by atoms with Gasteiger partial charge in [-0.25, -0.2) is 9.97 Å². The predicted octanol–water partition coefficient (Wildman–Crippen LogP) is 10.3. The van der Waals surface area contributed by atoms with E-state index in [0.717, 1.165) is 57.9 Å². The van der Waals surface area contributed by atoms with Crippen LogP contribution < -0.4 is 34.0 Å². The summed E-state index contributed by atoms with van der Waals surface area (Å²) in [4.78, 5) is 20.4. The molecule has 2 aliphatic rings. The largest absolute Gasteiger partial charge is 0.437 e. The van der Waals surface area contributed by atoms with Crippen molar-refractivity contribution < 1.29 is 9.47 Å². The zero-order valence-corrected chi connectivity index (χ0v) is 31.7. The molecule has 5 aromatic carbocycles. The van der Waals surface area contributed by atoms with Gasteiger partial charge in [0.2, 0.25) is 11.8 Å². The van der Waals surface area contributed by atoms with Crippen molar-refractivity contribution in [2.45, 2.75) is 0 Å². The number of pyridine rings is 2. The van der Waals surface area contributed by atoms with Crippen LogP contribution in [0.4, 0.5) is 39.8 Å². The van der Waals surface area contributed by atoms with E-state index in [-0.39, 0.29) is 0 Å². The van der Waals surface area contributed by atoms with Gasteiger partial charge in [0.15, 0.2) is 11.5 Å². The number of nitrogens with zero attached hydrogens (tertiary/aromatic N) is 8. The first-order valence-corrected chi connectivity index (χ1v) is 18.7. The second-order valence-corrected chi connectivity index (χ2v) is 14.5. The minimum atomic E-state index is 0.483. The van der Waals surface area contributed by atoms with Gasteiger partial charge in [0.1, 0.15) is 5.69 Å². The SMILES string of the molecule is CN(C)c1c(Oc2ccccn2)cc(-n2c3cc(N4CN(C)c5ccccc54)ccc3c3ccc(N4CN(C)c5ccccc54)cc32)cc1Oc1ccccn1. The molecule has 0 radical (unpaired) electrons. The van der Waals surface area contributed by atoms with Crippen molar-refractivity contribution >= 4 is 61.6 Å².